The molecule has 0 radical (unpaired) electrons. The number of rotatable bonds is 8. The molecule has 0 atom stereocenters. The van der Waals surface area contributed by atoms with E-state index in [2.05, 4.69) is 31.8 Å². The van der Waals surface area contributed by atoms with E-state index in [-0.39, 0.29) is 28.5 Å². The third kappa shape index (κ3) is 5.81. The van der Waals surface area contributed by atoms with E-state index in [0.29, 0.717) is 16.2 Å². The zero-order chi connectivity index (χ0) is 23.3. The number of halogens is 1. The average Bonchev–Trinajstić information content (AvgIpc) is 3.39. The Hall–Kier alpha value is -3.02. The Labute approximate surface area is 199 Å². The molecule has 0 spiro atoms. The van der Waals surface area contributed by atoms with E-state index in [1.54, 1.807) is 12.3 Å². The second kappa shape index (κ2) is 10.5. The molecule has 2 heterocycles. The van der Waals surface area contributed by atoms with Crippen LogP contribution in [0.4, 0.5) is 0 Å². The van der Waals surface area contributed by atoms with Crippen LogP contribution in [0.3, 0.4) is 0 Å². The number of aromatic hydroxyl groups is 1. The summed E-state index contributed by atoms with van der Waals surface area (Å²) in [5.41, 5.74) is 4.24. The zero-order valence-electron chi connectivity index (χ0n) is 16.7. The van der Waals surface area contributed by atoms with Gasteiger partial charge in [-0.1, -0.05) is 28.1 Å². The lowest BCUT2D eigenvalue weighted by Crippen LogP contribution is -2.25. The molecule has 0 saturated carbocycles. The largest absolute Gasteiger partial charge is 0.506 e. The molecule has 2 amide bonds. The van der Waals surface area contributed by atoms with Gasteiger partial charge in [0.25, 0.3) is 11.8 Å². The number of amides is 2. The monoisotopic (exact) mass is 535 g/mol. The van der Waals surface area contributed by atoms with Gasteiger partial charge in [0.15, 0.2) is 0 Å². The molecule has 0 aliphatic carbocycles. The van der Waals surface area contributed by atoms with Gasteiger partial charge in [0.2, 0.25) is 0 Å². The molecule has 0 aliphatic heterocycles. The van der Waals surface area contributed by atoms with Gasteiger partial charge < -0.3 is 15.5 Å². The Kier molecular flexibility index (Phi) is 7.78. The molecule has 0 bridgehead atoms. The number of carboxylic acid groups (broad SMARTS) is 1. The van der Waals surface area contributed by atoms with Gasteiger partial charge in [-0.2, -0.15) is 5.10 Å². The average molecular weight is 536 g/mol. The maximum atomic E-state index is 12.4. The van der Waals surface area contributed by atoms with Crippen LogP contribution in [0.1, 0.15) is 38.3 Å². The number of carbonyl (C=O) groups is 3. The van der Waals surface area contributed by atoms with Crippen molar-refractivity contribution in [2.45, 2.75) is 13.3 Å². The Morgan fingerprint density at radius 2 is 1.72 bits per heavy atom. The number of carboxylic acids is 1. The van der Waals surface area contributed by atoms with Gasteiger partial charge in [-0.25, -0.2) is 5.43 Å². The molecule has 11 heteroatoms. The van der Waals surface area contributed by atoms with Crippen LogP contribution in [0.15, 0.2) is 51.4 Å². The van der Waals surface area contributed by atoms with Gasteiger partial charge in [-0.05, 0) is 36.8 Å². The molecular formula is C21H18BrN3O5S2. The molecule has 8 nitrogen and oxygen atoms in total. The lowest BCUT2D eigenvalue weighted by molar-refractivity contribution is -0.136. The van der Waals surface area contributed by atoms with Crippen LogP contribution in [-0.4, -0.2) is 40.3 Å². The summed E-state index contributed by atoms with van der Waals surface area (Å²) in [5, 5.41) is 27.5. The summed E-state index contributed by atoms with van der Waals surface area (Å²) in [6.45, 7) is 1.67. The SMILES string of the molecule is C/C(=N\NC(=O)c1ccc(C(=O)NCCC(=O)O)s1)c1csc(-c2ccc(Br)cc2)c1O. The number of hydrazone groups is 1. The number of nitrogens with one attached hydrogen (secondary N) is 2. The van der Waals surface area contributed by atoms with Gasteiger partial charge in [0, 0.05) is 16.4 Å². The summed E-state index contributed by atoms with van der Waals surface area (Å²) in [5.74, 6) is -1.87. The molecule has 32 heavy (non-hydrogen) atoms. The summed E-state index contributed by atoms with van der Waals surface area (Å²) < 4.78 is 0.937. The number of nitrogens with zero attached hydrogens (tertiary/aromatic N) is 1. The van der Waals surface area contributed by atoms with Crippen molar-refractivity contribution in [3.8, 4) is 16.2 Å². The molecule has 0 saturated heterocycles. The fraction of sp³-hybridized carbons (Fsp3) is 0.143. The molecule has 0 unspecified atom stereocenters. The third-order valence-electron chi connectivity index (χ3n) is 4.26. The molecule has 2 aromatic heterocycles. The second-order valence-corrected chi connectivity index (χ2v) is 9.41. The smallest absolute Gasteiger partial charge is 0.305 e. The number of hydrogen-bond donors (Lipinski definition) is 4. The molecule has 1 aromatic carbocycles. The first kappa shape index (κ1) is 23.6. The first-order chi connectivity index (χ1) is 15.3. The predicted octanol–water partition coefficient (Wildman–Crippen LogP) is 4.30. The van der Waals surface area contributed by atoms with Crippen molar-refractivity contribution in [2.75, 3.05) is 6.54 Å². The van der Waals surface area contributed by atoms with E-state index >= 15 is 0 Å². The highest BCUT2D eigenvalue weighted by molar-refractivity contribution is 9.10. The number of benzene rings is 1. The van der Waals surface area contributed by atoms with Crippen molar-refractivity contribution < 1.29 is 24.6 Å². The third-order valence-corrected chi connectivity index (χ3v) is 6.89. The van der Waals surface area contributed by atoms with Crippen molar-refractivity contribution in [2.24, 2.45) is 5.10 Å². The number of thiophene rings is 2. The first-order valence-corrected chi connectivity index (χ1v) is 11.8. The maximum Gasteiger partial charge on any atom is 0.305 e. The van der Waals surface area contributed by atoms with Crippen molar-refractivity contribution in [3.63, 3.8) is 0 Å². The highest BCUT2D eigenvalue weighted by Gasteiger charge is 2.16. The fourth-order valence-electron chi connectivity index (χ4n) is 2.62. The van der Waals surface area contributed by atoms with Crippen LogP contribution >= 0.6 is 38.6 Å². The van der Waals surface area contributed by atoms with Crippen molar-refractivity contribution in [3.05, 3.63) is 61.6 Å². The highest BCUT2D eigenvalue weighted by Crippen LogP contribution is 2.39. The zero-order valence-corrected chi connectivity index (χ0v) is 19.9. The molecule has 3 aromatic rings. The van der Waals surface area contributed by atoms with E-state index in [9.17, 15) is 19.5 Å². The first-order valence-electron chi connectivity index (χ1n) is 9.27. The Bertz CT molecular complexity index is 1180. The van der Waals surface area contributed by atoms with Gasteiger partial charge in [0.05, 0.1) is 32.3 Å². The molecule has 0 fully saturated rings. The van der Waals surface area contributed by atoms with Crippen LogP contribution in [0.5, 0.6) is 5.75 Å². The topological polar surface area (TPSA) is 128 Å². The maximum absolute atomic E-state index is 12.4. The van der Waals surface area contributed by atoms with Crippen LogP contribution in [0.2, 0.25) is 0 Å². The number of hydrogen-bond acceptors (Lipinski definition) is 7. The number of carbonyl (C=O) groups excluding carboxylic acids is 2. The number of aliphatic carboxylic acids is 1. The molecule has 0 aliphatic rings. The minimum absolute atomic E-state index is 0.00343. The molecule has 3 rings (SSSR count). The van der Waals surface area contributed by atoms with Gasteiger partial charge in [0.1, 0.15) is 5.75 Å². The molecule has 166 valence electrons. The van der Waals surface area contributed by atoms with E-state index in [1.807, 2.05) is 24.3 Å². The fourth-order valence-corrected chi connectivity index (χ4v) is 4.70. The van der Waals surface area contributed by atoms with Crippen molar-refractivity contribution in [1.82, 2.24) is 10.7 Å². The van der Waals surface area contributed by atoms with Crippen LogP contribution in [0.25, 0.3) is 10.4 Å². The standard InChI is InChI=1S/C21H18BrN3O5S2/c1-11(14-10-31-19(18(14)28)12-2-4-13(22)5-3-12)24-25-21(30)16-7-6-15(32-16)20(29)23-9-8-17(26)27/h2-7,10,28H,8-9H2,1H3,(H,23,29)(H,25,30)(H,26,27)/b24-11+. The quantitative estimate of drug-likeness (QED) is 0.252. The Morgan fingerprint density at radius 1 is 1.06 bits per heavy atom. The van der Waals surface area contributed by atoms with Gasteiger partial charge in [-0.15, -0.1) is 22.7 Å². The summed E-state index contributed by atoms with van der Waals surface area (Å²) in [6.07, 6.45) is -0.183. The minimum atomic E-state index is -1.01. The molecular weight excluding hydrogens is 518 g/mol. The van der Waals surface area contributed by atoms with Crippen LogP contribution < -0.4 is 10.7 Å². The minimum Gasteiger partial charge on any atom is -0.506 e. The summed E-state index contributed by atoms with van der Waals surface area (Å²) in [7, 11) is 0. The Balaban J connectivity index is 1.65. The normalized spacial score (nSPS) is 11.2. The summed E-state index contributed by atoms with van der Waals surface area (Å²) in [4.78, 5) is 36.2. The van der Waals surface area contributed by atoms with Crippen molar-refractivity contribution in [1.29, 1.82) is 0 Å². The lowest BCUT2D eigenvalue weighted by Gasteiger charge is -2.03. The van der Waals surface area contributed by atoms with Gasteiger partial charge in [-0.3, -0.25) is 14.4 Å². The van der Waals surface area contributed by atoms with E-state index in [4.69, 9.17) is 5.11 Å². The Morgan fingerprint density at radius 3 is 2.38 bits per heavy atom. The predicted molar refractivity (Wildman–Crippen MR) is 128 cm³/mol. The molecule has 4 N–H and O–H groups in total. The summed E-state index contributed by atoms with van der Waals surface area (Å²) in [6, 6.07) is 10.5. The van der Waals surface area contributed by atoms with Gasteiger partial charge >= 0.3 is 5.97 Å². The second-order valence-electron chi connectivity index (χ2n) is 6.54. The van der Waals surface area contributed by atoms with Crippen LogP contribution in [0, 0.1) is 0 Å². The van der Waals surface area contributed by atoms with Crippen LogP contribution in [-0.2, 0) is 4.79 Å². The van der Waals surface area contributed by atoms with E-state index < -0.39 is 17.8 Å². The van der Waals surface area contributed by atoms with Crippen molar-refractivity contribution >= 4 is 62.1 Å². The summed E-state index contributed by atoms with van der Waals surface area (Å²) >= 11 is 5.72. The van der Waals surface area contributed by atoms with E-state index in [1.165, 1.54) is 23.5 Å². The van der Waals surface area contributed by atoms with E-state index in [0.717, 1.165) is 21.4 Å². The lowest BCUT2D eigenvalue weighted by atomic mass is 10.1. The highest BCUT2D eigenvalue weighted by atomic mass is 79.9.